The summed E-state index contributed by atoms with van der Waals surface area (Å²) in [7, 11) is 0. The molecule has 0 fully saturated rings. The fourth-order valence-corrected chi connectivity index (χ4v) is 3.46. The predicted octanol–water partition coefficient (Wildman–Crippen LogP) is 4.24. The molecule has 0 spiro atoms. The van der Waals surface area contributed by atoms with Crippen LogP contribution < -0.4 is 10.4 Å². The summed E-state index contributed by atoms with van der Waals surface area (Å²) in [5, 5.41) is 5.21. The van der Waals surface area contributed by atoms with E-state index in [1.807, 2.05) is 48.5 Å². The van der Waals surface area contributed by atoms with E-state index in [1.165, 1.54) is 0 Å². The van der Waals surface area contributed by atoms with Gasteiger partial charge in [0.25, 0.3) is 0 Å². The van der Waals surface area contributed by atoms with E-state index in [-0.39, 0.29) is 11.9 Å². The van der Waals surface area contributed by atoms with Gasteiger partial charge < -0.3 is 9.47 Å². The monoisotopic (exact) mass is 404 g/mol. The van der Waals surface area contributed by atoms with Gasteiger partial charge in [0.2, 0.25) is 0 Å². The molecule has 30 heavy (non-hydrogen) atoms. The van der Waals surface area contributed by atoms with Gasteiger partial charge in [-0.1, -0.05) is 75.2 Å². The summed E-state index contributed by atoms with van der Waals surface area (Å²) in [5.74, 6) is -0.705. The molecule has 3 aromatic carbocycles. The van der Waals surface area contributed by atoms with Crippen LogP contribution in [0.5, 0.6) is 0 Å². The number of carbonyl (C=O) groups excluding carboxylic acids is 2. The predicted molar refractivity (Wildman–Crippen MR) is 121 cm³/mol. The highest BCUT2D eigenvalue weighted by molar-refractivity contribution is 6.11. The van der Waals surface area contributed by atoms with Crippen molar-refractivity contribution >= 4 is 45.6 Å². The maximum atomic E-state index is 12.4. The normalized spacial score (nSPS) is 10.7. The minimum absolute atomic E-state index is 0.352. The summed E-state index contributed by atoms with van der Waals surface area (Å²) in [6.07, 6.45) is 6.74. The van der Waals surface area contributed by atoms with E-state index < -0.39 is 0 Å². The molecule has 0 bridgehead atoms. The van der Waals surface area contributed by atoms with Crippen molar-refractivity contribution in [2.75, 3.05) is 13.2 Å². The Kier molecular flexibility index (Phi) is 7.61. The van der Waals surface area contributed by atoms with Crippen LogP contribution in [-0.2, 0) is 19.1 Å². The standard InChI is InChI=1S/C26H28O4/c1-3-5-15-29-25(27)17-23-19-11-7-9-13-21(19)24(18-26(28)30-16-6-4-2)22-14-10-8-12-20(22)23/h7-14,17-18H,3-6,15-16H2,1-2H3. The Morgan fingerprint density at radius 3 is 1.30 bits per heavy atom. The second-order valence-corrected chi connectivity index (χ2v) is 7.25. The minimum Gasteiger partial charge on any atom is -0.463 e. The fourth-order valence-electron chi connectivity index (χ4n) is 3.46. The zero-order valence-corrected chi connectivity index (χ0v) is 17.6. The molecule has 0 aliphatic carbocycles. The summed E-state index contributed by atoms with van der Waals surface area (Å²) in [6, 6.07) is 15.6. The van der Waals surface area contributed by atoms with Crippen molar-refractivity contribution in [2.24, 2.45) is 0 Å². The van der Waals surface area contributed by atoms with E-state index in [9.17, 15) is 9.59 Å². The molecule has 0 amide bonds. The molecule has 0 heterocycles. The van der Waals surface area contributed by atoms with Crippen LogP contribution in [0.15, 0.2) is 48.5 Å². The first-order chi connectivity index (χ1) is 14.7. The van der Waals surface area contributed by atoms with E-state index in [0.717, 1.165) is 57.7 Å². The Hall–Kier alpha value is -3.14. The Morgan fingerprint density at radius 2 is 1.00 bits per heavy atom. The van der Waals surface area contributed by atoms with Crippen LogP contribution in [0, 0.1) is 0 Å². The van der Waals surface area contributed by atoms with E-state index in [2.05, 4.69) is 13.8 Å². The van der Waals surface area contributed by atoms with Gasteiger partial charge in [0.05, 0.1) is 13.2 Å². The van der Waals surface area contributed by atoms with Crippen LogP contribution >= 0.6 is 0 Å². The summed E-state index contributed by atoms with van der Waals surface area (Å²) >= 11 is 0. The van der Waals surface area contributed by atoms with Crippen molar-refractivity contribution in [2.45, 2.75) is 39.5 Å². The highest BCUT2D eigenvalue weighted by atomic mass is 16.5. The second kappa shape index (κ2) is 10.6. The number of benzene rings is 3. The van der Waals surface area contributed by atoms with Gasteiger partial charge >= 0.3 is 11.9 Å². The maximum absolute atomic E-state index is 12.4. The number of hydrogen-bond acceptors (Lipinski definition) is 4. The first-order valence-electron chi connectivity index (χ1n) is 10.6. The Balaban J connectivity index is 2.21. The first-order valence-corrected chi connectivity index (χ1v) is 10.6. The second-order valence-electron chi connectivity index (χ2n) is 7.25. The van der Waals surface area contributed by atoms with Gasteiger partial charge in [0.15, 0.2) is 0 Å². The van der Waals surface area contributed by atoms with Crippen molar-refractivity contribution in [3.8, 4) is 0 Å². The van der Waals surface area contributed by atoms with Gasteiger partial charge in [0.1, 0.15) is 0 Å². The Bertz CT molecular complexity index is 1010. The molecule has 4 nitrogen and oxygen atoms in total. The van der Waals surface area contributed by atoms with Crippen molar-refractivity contribution in [1.29, 1.82) is 0 Å². The number of ether oxygens (including phenoxy) is 2. The highest BCUT2D eigenvalue weighted by Gasteiger charge is 2.09. The SMILES string of the molecule is CCCCOC(=O)C=c1c2ccccc2c(=CC(=O)OCCCC)c2ccccc12. The lowest BCUT2D eigenvalue weighted by molar-refractivity contribution is -0.137. The third-order valence-electron chi connectivity index (χ3n) is 5.02. The molecule has 3 aromatic rings. The minimum atomic E-state index is -0.352. The first kappa shape index (κ1) is 21.6. The van der Waals surface area contributed by atoms with Gasteiger partial charge in [-0.2, -0.15) is 0 Å². The fraction of sp³-hybridized carbons (Fsp3) is 0.308. The largest absolute Gasteiger partial charge is 0.463 e. The van der Waals surface area contributed by atoms with Gasteiger partial charge in [-0.15, -0.1) is 0 Å². The molecule has 0 radical (unpaired) electrons. The van der Waals surface area contributed by atoms with Crippen LogP contribution in [0.2, 0.25) is 0 Å². The quantitative estimate of drug-likeness (QED) is 0.320. The third-order valence-corrected chi connectivity index (χ3v) is 5.02. The Morgan fingerprint density at radius 1 is 0.667 bits per heavy atom. The number of fused-ring (bicyclic) bond motifs is 2. The van der Waals surface area contributed by atoms with Crippen molar-refractivity contribution in [3.05, 3.63) is 59.0 Å². The van der Waals surface area contributed by atoms with Gasteiger partial charge in [-0.3, -0.25) is 0 Å². The van der Waals surface area contributed by atoms with Gasteiger partial charge in [0, 0.05) is 12.2 Å². The average molecular weight is 405 g/mol. The molecule has 156 valence electrons. The lowest BCUT2D eigenvalue weighted by Gasteiger charge is -2.08. The number of esters is 2. The van der Waals surface area contributed by atoms with E-state index in [0.29, 0.717) is 13.2 Å². The van der Waals surface area contributed by atoms with E-state index in [1.54, 1.807) is 12.2 Å². The molecular weight excluding hydrogens is 376 g/mol. The molecule has 0 aromatic heterocycles. The highest BCUT2D eigenvalue weighted by Crippen LogP contribution is 2.14. The smallest absolute Gasteiger partial charge is 0.331 e. The molecular formula is C26H28O4. The number of rotatable bonds is 8. The zero-order valence-electron chi connectivity index (χ0n) is 17.6. The summed E-state index contributed by atoms with van der Waals surface area (Å²) < 4.78 is 10.7. The van der Waals surface area contributed by atoms with Crippen molar-refractivity contribution < 1.29 is 19.1 Å². The van der Waals surface area contributed by atoms with Gasteiger partial charge in [-0.25, -0.2) is 9.59 Å². The van der Waals surface area contributed by atoms with E-state index >= 15 is 0 Å². The van der Waals surface area contributed by atoms with Crippen molar-refractivity contribution in [3.63, 3.8) is 0 Å². The van der Waals surface area contributed by atoms with Crippen LogP contribution in [0.25, 0.3) is 33.7 Å². The molecule has 0 N–H and O–H groups in total. The molecule has 0 aliphatic heterocycles. The summed E-state index contributed by atoms with van der Waals surface area (Å²) in [6.45, 7) is 4.94. The lowest BCUT2D eigenvalue weighted by atomic mass is 9.97. The molecule has 0 saturated heterocycles. The summed E-state index contributed by atoms with van der Waals surface area (Å²) in [5.41, 5.74) is 0. The van der Waals surface area contributed by atoms with E-state index in [4.69, 9.17) is 9.47 Å². The maximum Gasteiger partial charge on any atom is 0.331 e. The lowest BCUT2D eigenvalue weighted by Crippen LogP contribution is -2.19. The van der Waals surface area contributed by atoms with Crippen LogP contribution in [0.4, 0.5) is 0 Å². The van der Waals surface area contributed by atoms with Crippen molar-refractivity contribution in [1.82, 2.24) is 0 Å². The molecule has 0 aliphatic rings. The van der Waals surface area contributed by atoms with Gasteiger partial charge in [-0.05, 0) is 44.8 Å². The Labute approximate surface area is 176 Å². The van der Waals surface area contributed by atoms with Crippen LogP contribution in [0.1, 0.15) is 39.5 Å². The molecule has 0 unspecified atom stereocenters. The zero-order chi connectivity index (χ0) is 21.3. The van der Waals surface area contributed by atoms with Crippen LogP contribution in [0.3, 0.4) is 0 Å². The molecule has 0 saturated carbocycles. The molecule has 0 atom stereocenters. The summed E-state index contributed by atoms with van der Waals surface area (Å²) in [4.78, 5) is 24.8. The number of carbonyl (C=O) groups is 2. The number of hydrogen-bond donors (Lipinski definition) is 0. The topological polar surface area (TPSA) is 52.6 Å². The molecule has 4 heteroatoms. The van der Waals surface area contributed by atoms with Crippen LogP contribution in [-0.4, -0.2) is 25.2 Å². The average Bonchev–Trinajstić information content (AvgIpc) is 2.76. The number of unbranched alkanes of at least 4 members (excludes halogenated alkanes) is 2. The molecule has 3 rings (SSSR count). The third kappa shape index (κ3) is 5.07.